The van der Waals surface area contributed by atoms with Gasteiger partial charge in [-0.05, 0) is 6.42 Å². The highest BCUT2D eigenvalue weighted by atomic mass is 16.4. The van der Waals surface area contributed by atoms with Crippen LogP contribution in [0.5, 0.6) is 0 Å². The van der Waals surface area contributed by atoms with E-state index in [2.05, 4.69) is 4.99 Å². The summed E-state index contributed by atoms with van der Waals surface area (Å²) in [5, 5.41) is 36.9. The van der Waals surface area contributed by atoms with E-state index in [1.54, 1.807) is 16.7 Å². The minimum absolute atomic E-state index is 0.127. The molecule has 1 heterocycles. The van der Waals surface area contributed by atoms with Crippen LogP contribution in [0.3, 0.4) is 0 Å². The third-order valence-electron chi connectivity index (χ3n) is 4.44. The Morgan fingerprint density at radius 2 is 1.23 bits per heavy atom. The number of nitrogens with zero attached hydrogens (tertiary/aromatic N) is 4. The van der Waals surface area contributed by atoms with Crippen molar-refractivity contribution in [3.63, 3.8) is 0 Å². The number of aliphatic carboxylic acids is 4. The standard InChI is InChI=1S/C17H28N4O8.C2H6/c1-2-12-7-20(10-15(24)25)5-3-19(9-14(22)23)4-6-21(11-16(26)27)8-13(18-12)17(28)29;1-2/h12H,2-11H2,1H3,(H,22,23)(H,24,25)(H,26,27)(H,28,29);1-2H3. The molecule has 1 aliphatic heterocycles. The van der Waals surface area contributed by atoms with Gasteiger partial charge in [0.05, 0.1) is 25.7 Å². The summed E-state index contributed by atoms with van der Waals surface area (Å²) >= 11 is 0. The van der Waals surface area contributed by atoms with E-state index in [0.717, 1.165) is 0 Å². The second-order valence-electron chi connectivity index (χ2n) is 6.85. The van der Waals surface area contributed by atoms with Crippen LogP contribution >= 0.6 is 0 Å². The van der Waals surface area contributed by atoms with E-state index >= 15 is 0 Å². The summed E-state index contributed by atoms with van der Waals surface area (Å²) < 4.78 is 0. The monoisotopic (exact) mass is 446 g/mol. The summed E-state index contributed by atoms with van der Waals surface area (Å²) in [6, 6.07) is -0.487. The lowest BCUT2D eigenvalue weighted by Gasteiger charge is -2.30. The van der Waals surface area contributed by atoms with Gasteiger partial charge in [-0.3, -0.25) is 34.1 Å². The maximum atomic E-state index is 11.6. The fraction of sp³-hybridized carbons (Fsp3) is 0.737. The minimum atomic E-state index is -1.27. The van der Waals surface area contributed by atoms with Crippen molar-refractivity contribution < 1.29 is 39.6 Å². The molecule has 0 aromatic heterocycles. The molecule has 178 valence electrons. The summed E-state index contributed by atoms with van der Waals surface area (Å²) in [4.78, 5) is 53.9. The van der Waals surface area contributed by atoms with E-state index in [0.29, 0.717) is 6.42 Å². The second kappa shape index (κ2) is 15.3. The van der Waals surface area contributed by atoms with Crippen molar-refractivity contribution in [2.75, 3.05) is 58.9 Å². The molecule has 12 heteroatoms. The lowest BCUT2D eigenvalue weighted by molar-refractivity contribution is -0.140. The topological polar surface area (TPSA) is 171 Å². The molecule has 1 rings (SSSR count). The molecule has 0 radical (unpaired) electrons. The Hall–Kier alpha value is -2.57. The van der Waals surface area contributed by atoms with Crippen LogP contribution in [0.25, 0.3) is 0 Å². The van der Waals surface area contributed by atoms with E-state index in [-0.39, 0.29) is 58.1 Å². The van der Waals surface area contributed by atoms with Gasteiger partial charge < -0.3 is 20.4 Å². The molecule has 1 aliphatic rings. The van der Waals surface area contributed by atoms with Gasteiger partial charge in [-0.1, -0.05) is 20.8 Å². The lowest BCUT2D eigenvalue weighted by Crippen LogP contribution is -2.47. The van der Waals surface area contributed by atoms with E-state index in [1.807, 2.05) is 13.8 Å². The number of carboxylic acid groups (broad SMARTS) is 4. The Balaban J connectivity index is 0.00000436. The zero-order valence-corrected chi connectivity index (χ0v) is 18.4. The second-order valence-corrected chi connectivity index (χ2v) is 6.85. The van der Waals surface area contributed by atoms with Crippen LogP contribution in [0.4, 0.5) is 0 Å². The van der Waals surface area contributed by atoms with Gasteiger partial charge in [0.2, 0.25) is 0 Å². The number of hydrogen-bond donors (Lipinski definition) is 4. The molecular formula is C19H34N4O8. The Bertz CT molecular complexity index is 640. The summed E-state index contributed by atoms with van der Waals surface area (Å²) in [6.45, 7) is 5.64. The highest BCUT2D eigenvalue weighted by molar-refractivity contribution is 6.36. The number of carboxylic acids is 4. The first-order chi connectivity index (χ1) is 14.6. The molecule has 0 aromatic carbocycles. The van der Waals surface area contributed by atoms with Gasteiger partial charge in [-0.25, -0.2) is 4.79 Å². The molecular weight excluding hydrogens is 412 g/mol. The van der Waals surface area contributed by atoms with Crippen molar-refractivity contribution in [1.82, 2.24) is 14.7 Å². The Labute approximate surface area is 181 Å². The molecule has 0 saturated heterocycles. The van der Waals surface area contributed by atoms with Crippen LogP contribution in [-0.2, 0) is 19.2 Å². The molecule has 1 atom stereocenters. The molecule has 0 bridgehead atoms. The maximum Gasteiger partial charge on any atom is 0.351 e. The maximum absolute atomic E-state index is 11.6. The van der Waals surface area contributed by atoms with E-state index in [1.165, 1.54) is 4.90 Å². The van der Waals surface area contributed by atoms with Gasteiger partial charge >= 0.3 is 23.9 Å². The highest BCUT2D eigenvalue weighted by Gasteiger charge is 2.23. The number of hydrogen-bond acceptors (Lipinski definition) is 8. The van der Waals surface area contributed by atoms with Crippen LogP contribution in [-0.4, -0.2) is 130 Å². The van der Waals surface area contributed by atoms with Gasteiger partial charge in [0.1, 0.15) is 5.71 Å². The van der Waals surface area contributed by atoms with Crippen molar-refractivity contribution in [3.8, 4) is 0 Å². The van der Waals surface area contributed by atoms with Gasteiger partial charge in [-0.2, -0.15) is 0 Å². The Kier molecular flexibility index (Phi) is 14.0. The molecule has 0 fully saturated rings. The van der Waals surface area contributed by atoms with E-state index in [4.69, 9.17) is 15.3 Å². The van der Waals surface area contributed by atoms with Crippen LogP contribution < -0.4 is 0 Å². The van der Waals surface area contributed by atoms with Gasteiger partial charge in [0.15, 0.2) is 0 Å². The fourth-order valence-corrected chi connectivity index (χ4v) is 3.01. The number of aliphatic imine (C=N–C) groups is 1. The molecule has 1 unspecified atom stereocenters. The quantitative estimate of drug-likeness (QED) is 0.378. The largest absolute Gasteiger partial charge is 0.480 e. The minimum Gasteiger partial charge on any atom is -0.480 e. The van der Waals surface area contributed by atoms with Crippen LogP contribution in [0.2, 0.25) is 0 Å². The molecule has 12 nitrogen and oxygen atoms in total. The zero-order chi connectivity index (χ0) is 24.0. The normalized spacial score (nSPS) is 19.7. The summed E-state index contributed by atoms with van der Waals surface area (Å²) in [7, 11) is 0. The number of rotatable bonds is 8. The van der Waals surface area contributed by atoms with Crippen molar-refractivity contribution in [2.45, 2.75) is 33.2 Å². The fourth-order valence-electron chi connectivity index (χ4n) is 3.01. The van der Waals surface area contributed by atoms with Gasteiger partial charge in [-0.15, -0.1) is 0 Å². The van der Waals surface area contributed by atoms with Gasteiger partial charge in [0.25, 0.3) is 0 Å². The molecule has 0 saturated carbocycles. The SMILES string of the molecule is CC.CCC1CN(CC(=O)O)CCN(CC(=O)O)CCN(CC(=O)O)CC(C(=O)O)=N1. The third kappa shape index (κ3) is 12.7. The summed E-state index contributed by atoms with van der Waals surface area (Å²) in [6.07, 6.45) is 0.463. The lowest BCUT2D eigenvalue weighted by atomic mass is 10.2. The molecule has 0 spiro atoms. The van der Waals surface area contributed by atoms with Gasteiger partial charge in [0, 0.05) is 39.3 Å². The van der Waals surface area contributed by atoms with E-state index in [9.17, 15) is 24.3 Å². The first kappa shape index (κ1) is 28.4. The molecule has 31 heavy (non-hydrogen) atoms. The molecule has 0 amide bonds. The van der Waals surface area contributed by atoms with Crippen LogP contribution in [0, 0.1) is 0 Å². The molecule has 0 aliphatic carbocycles. The summed E-state index contributed by atoms with van der Waals surface area (Å²) in [5.74, 6) is -4.52. The number of carbonyl (C=O) groups is 4. The molecule has 0 aromatic rings. The van der Waals surface area contributed by atoms with E-state index < -0.39 is 36.5 Å². The predicted molar refractivity (Wildman–Crippen MR) is 113 cm³/mol. The van der Waals surface area contributed by atoms with Crippen LogP contribution in [0.15, 0.2) is 4.99 Å². The molecule has 4 N–H and O–H groups in total. The summed E-state index contributed by atoms with van der Waals surface area (Å²) in [5.41, 5.74) is -0.210. The van der Waals surface area contributed by atoms with Crippen molar-refractivity contribution in [1.29, 1.82) is 0 Å². The average molecular weight is 447 g/mol. The average Bonchev–Trinajstić information content (AvgIpc) is 2.67. The Morgan fingerprint density at radius 1 is 0.806 bits per heavy atom. The highest BCUT2D eigenvalue weighted by Crippen LogP contribution is 2.06. The smallest absolute Gasteiger partial charge is 0.351 e. The predicted octanol–water partition coefficient (Wildman–Crippen LogP) is -0.510. The van der Waals surface area contributed by atoms with Crippen molar-refractivity contribution >= 4 is 29.6 Å². The first-order valence-electron chi connectivity index (χ1n) is 10.2. The third-order valence-corrected chi connectivity index (χ3v) is 4.44. The Morgan fingerprint density at radius 3 is 1.68 bits per heavy atom. The first-order valence-corrected chi connectivity index (χ1v) is 10.2. The zero-order valence-electron chi connectivity index (χ0n) is 18.4. The van der Waals surface area contributed by atoms with Crippen molar-refractivity contribution in [2.24, 2.45) is 4.99 Å². The van der Waals surface area contributed by atoms with Crippen molar-refractivity contribution in [3.05, 3.63) is 0 Å². The van der Waals surface area contributed by atoms with Crippen LogP contribution in [0.1, 0.15) is 27.2 Å².